The number of nitrogens with zero attached hydrogens (tertiary/aromatic N) is 1. The molecule has 7 heteroatoms. The van der Waals surface area contributed by atoms with Gasteiger partial charge in [-0.1, -0.05) is 67.6 Å². The van der Waals surface area contributed by atoms with Crippen molar-refractivity contribution in [2.24, 2.45) is 0 Å². The zero-order chi connectivity index (χ0) is 27.2. The van der Waals surface area contributed by atoms with Crippen molar-refractivity contribution in [2.75, 3.05) is 26.2 Å². The molecule has 1 atom stereocenters. The number of hydrogen-bond acceptors (Lipinski definition) is 4. The first-order valence-electron chi connectivity index (χ1n) is 13.2. The Morgan fingerprint density at radius 2 is 1.53 bits per heavy atom. The highest BCUT2D eigenvalue weighted by molar-refractivity contribution is 5.78. The second-order valence-electron chi connectivity index (χ2n) is 9.43. The van der Waals surface area contributed by atoms with E-state index in [1.165, 1.54) is 5.56 Å². The summed E-state index contributed by atoms with van der Waals surface area (Å²) in [5.74, 6) is 0.186. The van der Waals surface area contributed by atoms with Crippen molar-refractivity contribution in [2.45, 2.75) is 45.1 Å². The molecule has 3 aromatic rings. The minimum Gasteiger partial charge on any atom is -0.494 e. The van der Waals surface area contributed by atoms with E-state index in [-0.39, 0.29) is 12.5 Å². The summed E-state index contributed by atoms with van der Waals surface area (Å²) in [6.07, 6.45) is 2.60. The number of carboxylic acid groups (broad SMARTS) is 1. The summed E-state index contributed by atoms with van der Waals surface area (Å²) in [5, 5.41) is 12.8. The van der Waals surface area contributed by atoms with Gasteiger partial charge in [-0.3, -0.25) is 0 Å². The molecule has 2 amide bonds. The highest BCUT2D eigenvalue weighted by atomic mass is 16.5. The van der Waals surface area contributed by atoms with Crippen LogP contribution >= 0.6 is 0 Å². The highest BCUT2D eigenvalue weighted by Crippen LogP contribution is 2.24. The Balaban J connectivity index is 1.43. The summed E-state index contributed by atoms with van der Waals surface area (Å²) in [7, 11) is 0. The normalized spacial score (nSPS) is 12.3. The second-order valence-corrected chi connectivity index (χ2v) is 9.43. The predicted molar refractivity (Wildman–Crippen MR) is 149 cm³/mol. The Kier molecular flexibility index (Phi) is 11.0. The van der Waals surface area contributed by atoms with E-state index < -0.39 is 11.6 Å². The molecule has 202 valence electrons. The van der Waals surface area contributed by atoms with E-state index in [2.05, 4.69) is 24.4 Å². The molecule has 3 aromatic carbocycles. The number of rotatable bonds is 15. The summed E-state index contributed by atoms with van der Waals surface area (Å²) in [4.78, 5) is 26.4. The lowest BCUT2D eigenvalue weighted by atomic mass is 9.96. The largest absolute Gasteiger partial charge is 0.494 e. The predicted octanol–water partition coefficient (Wildman–Crippen LogP) is 5.58. The Hall–Kier alpha value is -4.00. The molecule has 0 fully saturated rings. The molecule has 7 nitrogen and oxygen atoms in total. The zero-order valence-corrected chi connectivity index (χ0v) is 22.3. The number of carbonyl (C=O) groups excluding carboxylic acids is 1. The van der Waals surface area contributed by atoms with Crippen molar-refractivity contribution in [3.8, 4) is 11.5 Å². The molecule has 0 spiro atoms. The van der Waals surface area contributed by atoms with Crippen LogP contribution in [-0.2, 0) is 17.6 Å². The molecule has 0 aliphatic carbocycles. The number of hydrogen-bond donors (Lipinski definition) is 2. The molecule has 0 heterocycles. The molecular formula is C31H38N2O5. The van der Waals surface area contributed by atoms with Crippen LogP contribution in [0.1, 0.15) is 37.8 Å². The third kappa shape index (κ3) is 9.14. The first-order valence-corrected chi connectivity index (χ1v) is 13.2. The molecular weight excluding hydrogens is 480 g/mol. The van der Waals surface area contributed by atoms with Crippen LogP contribution in [0.3, 0.4) is 0 Å². The van der Waals surface area contributed by atoms with E-state index in [1.807, 2.05) is 65.6 Å². The fourth-order valence-electron chi connectivity index (χ4n) is 4.10. The lowest BCUT2D eigenvalue weighted by molar-refractivity contribution is -0.153. The molecule has 0 aliphatic heterocycles. The van der Waals surface area contributed by atoms with Crippen molar-refractivity contribution in [3.05, 3.63) is 96.1 Å². The third-order valence-electron chi connectivity index (χ3n) is 6.16. The molecule has 0 radical (unpaired) electrons. The maximum atomic E-state index is 12.6. The standard InChI is InChI=1S/C31H38N2O5/c1-3-21-33(30(36)32-20-19-25-11-6-4-7-12-25)22-10-23-37-27-17-15-26(16-18-27)24-31(2,29(34)35)38-28-13-8-5-9-14-28/h4-9,11-18H,3,10,19-24H2,1-2H3,(H,32,36)(H,34,35)/t31-/m0/s1. The van der Waals surface area contributed by atoms with Crippen LogP contribution in [-0.4, -0.2) is 53.8 Å². The molecule has 2 N–H and O–H groups in total. The van der Waals surface area contributed by atoms with Gasteiger partial charge in [0.2, 0.25) is 5.60 Å². The summed E-state index contributed by atoms with van der Waals surface area (Å²) < 4.78 is 11.7. The molecule has 0 aromatic heterocycles. The topological polar surface area (TPSA) is 88.1 Å². The smallest absolute Gasteiger partial charge is 0.348 e. The van der Waals surface area contributed by atoms with Crippen LogP contribution in [0.4, 0.5) is 4.79 Å². The van der Waals surface area contributed by atoms with Gasteiger partial charge in [0.05, 0.1) is 6.61 Å². The molecule has 0 unspecified atom stereocenters. The van der Waals surface area contributed by atoms with Crippen molar-refractivity contribution in [3.63, 3.8) is 0 Å². The number of amides is 2. The zero-order valence-electron chi connectivity index (χ0n) is 22.3. The number of carboxylic acids is 1. The third-order valence-corrected chi connectivity index (χ3v) is 6.16. The van der Waals surface area contributed by atoms with Crippen LogP contribution in [0.2, 0.25) is 0 Å². The van der Waals surface area contributed by atoms with Gasteiger partial charge in [-0.25, -0.2) is 9.59 Å². The highest BCUT2D eigenvalue weighted by Gasteiger charge is 2.36. The average molecular weight is 519 g/mol. The van der Waals surface area contributed by atoms with Crippen LogP contribution in [0.25, 0.3) is 0 Å². The Morgan fingerprint density at radius 1 is 0.868 bits per heavy atom. The van der Waals surface area contributed by atoms with Gasteiger partial charge in [0, 0.05) is 26.1 Å². The van der Waals surface area contributed by atoms with Crippen LogP contribution in [0, 0.1) is 0 Å². The van der Waals surface area contributed by atoms with Gasteiger partial charge in [0.1, 0.15) is 11.5 Å². The number of carbonyl (C=O) groups is 2. The van der Waals surface area contributed by atoms with Crippen molar-refractivity contribution < 1.29 is 24.2 Å². The maximum Gasteiger partial charge on any atom is 0.348 e. The number of urea groups is 1. The van der Waals surface area contributed by atoms with Gasteiger partial charge >= 0.3 is 12.0 Å². The van der Waals surface area contributed by atoms with Gasteiger partial charge < -0.3 is 24.8 Å². The van der Waals surface area contributed by atoms with E-state index in [9.17, 15) is 14.7 Å². The lowest BCUT2D eigenvalue weighted by Crippen LogP contribution is -2.43. The van der Waals surface area contributed by atoms with Gasteiger partial charge in [-0.05, 0) is 61.6 Å². The van der Waals surface area contributed by atoms with Crippen molar-refractivity contribution in [1.82, 2.24) is 10.2 Å². The van der Waals surface area contributed by atoms with Gasteiger partial charge in [-0.15, -0.1) is 0 Å². The van der Waals surface area contributed by atoms with Crippen molar-refractivity contribution >= 4 is 12.0 Å². The second kappa shape index (κ2) is 14.7. The summed E-state index contributed by atoms with van der Waals surface area (Å²) in [6.45, 7) is 6.01. The summed E-state index contributed by atoms with van der Waals surface area (Å²) >= 11 is 0. The van der Waals surface area contributed by atoms with E-state index >= 15 is 0 Å². The number of benzene rings is 3. The van der Waals surface area contributed by atoms with Crippen LogP contribution in [0.5, 0.6) is 11.5 Å². The number of nitrogens with one attached hydrogen (secondary N) is 1. The number of aliphatic carboxylic acids is 1. The maximum absolute atomic E-state index is 12.6. The SMILES string of the molecule is CCCN(CCCOc1ccc(C[C@](C)(Oc2ccccc2)C(=O)O)cc1)C(=O)NCCc1ccccc1. The van der Waals surface area contributed by atoms with Gasteiger partial charge in [0.25, 0.3) is 0 Å². The summed E-state index contributed by atoms with van der Waals surface area (Å²) in [6, 6.07) is 26.4. The minimum atomic E-state index is -1.39. The molecule has 38 heavy (non-hydrogen) atoms. The first-order chi connectivity index (χ1) is 18.4. The minimum absolute atomic E-state index is 0.0497. The first kappa shape index (κ1) is 28.6. The van der Waals surface area contributed by atoms with Crippen LogP contribution in [0.15, 0.2) is 84.9 Å². The quantitative estimate of drug-likeness (QED) is 0.256. The monoisotopic (exact) mass is 518 g/mol. The Labute approximate surface area is 225 Å². The number of para-hydroxylation sites is 1. The van der Waals surface area contributed by atoms with E-state index in [4.69, 9.17) is 9.47 Å². The van der Waals surface area contributed by atoms with E-state index in [0.717, 1.165) is 18.4 Å². The molecule has 0 aliphatic rings. The molecule has 0 saturated heterocycles. The molecule has 0 bridgehead atoms. The van der Waals surface area contributed by atoms with Crippen molar-refractivity contribution in [1.29, 1.82) is 0 Å². The lowest BCUT2D eigenvalue weighted by Gasteiger charge is -2.26. The fourth-order valence-corrected chi connectivity index (χ4v) is 4.10. The molecule has 0 saturated carbocycles. The van der Waals surface area contributed by atoms with Gasteiger partial charge in [0.15, 0.2) is 0 Å². The van der Waals surface area contributed by atoms with Gasteiger partial charge in [-0.2, -0.15) is 0 Å². The van der Waals surface area contributed by atoms with E-state index in [1.54, 1.807) is 19.1 Å². The Bertz CT molecular complexity index is 1120. The van der Waals surface area contributed by atoms with Crippen LogP contribution < -0.4 is 14.8 Å². The Morgan fingerprint density at radius 3 is 2.16 bits per heavy atom. The number of ether oxygens (including phenoxy) is 2. The molecule has 3 rings (SSSR count). The average Bonchev–Trinajstić information content (AvgIpc) is 2.92. The van der Waals surface area contributed by atoms with E-state index in [0.29, 0.717) is 44.2 Å². The summed E-state index contributed by atoms with van der Waals surface area (Å²) in [5.41, 5.74) is 0.638. The fraction of sp³-hybridized carbons (Fsp3) is 0.355.